The highest BCUT2D eigenvalue weighted by molar-refractivity contribution is 5.60. The Morgan fingerprint density at radius 3 is 2.65 bits per heavy atom. The Morgan fingerprint density at radius 2 is 2.12 bits per heavy atom. The summed E-state index contributed by atoms with van der Waals surface area (Å²) in [6, 6.07) is 0. The van der Waals surface area contributed by atoms with E-state index in [0.717, 1.165) is 4.57 Å². The van der Waals surface area contributed by atoms with Gasteiger partial charge in [-0.1, -0.05) is 6.92 Å². The van der Waals surface area contributed by atoms with Gasteiger partial charge in [-0.05, 0) is 13.3 Å². The molecule has 0 fully saturated rings. The van der Waals surface area contributed by atoms with E-state index in [9.17, 15) is 14.7 Å². The molecule has 7 heteroatoms. The van der Waals surface area contributed by atoms with E-state index < -0.39 is 16.9 Å². The molecule has 0 radical (unpaired) electrons. The Labute approximate surface area is 98.3 Å². The van der Waals surface area contributed by atoms with Crippen molar-refractivity contribution >= 4 is 11.5 Å². The number of anilines is 2. The fourth-order valence-electron chi connectivity index (χ4n) is 1.21. The molecular formula is C10H18N4O3. The normalized spacial score (nSPS) is 14.4. The van der Waals surface area contributed by atoms with E-state index in [-0.39, 0.29) is 18.1 Å². The fourth-order valence-corrected chi connectivity index (χ4v) is 1.21. The lowest BCUT2D eigenvalue weighted by molar-refractivity contribution is 0.0697. The summed E-state index contributed by atoms with van der Waals surface area (Å²) in [6.07, 6.45) is 0.531. The van der Waals surface area contributed by atoms with Crippen molar-refractivity contribution in [2.45, 2.75) is 25.9 Å². The summed E-state index contributed by atoms with van der Waals surface area (Å²) in [5, 5.41) is 12.6. The quantitative estimate of drug-likeness (QED) is 0.553. The van der Waals surface area contributed by atoms with E-state index in [1.807, 2.05) is 6.92 Å². The lowest BCUT2D eigenvalue weighted by Crippen LogP contribution is -2.37. The zero-order valence-corrected chi connectivity index (χ0v) is 10.2. The van der Waals surface area contributed by atoms with Gasteiger partial charge in [-0.15, -0.1) is 0 Å². The number of nitrogens with one attached hydrogen (secondary N) is 2. The topological polar surface area (TPSA) is 113 Å². The molecule has 5 N–H and O–H groups in total. The molecule has 0 aliphatic carbocycles. The van der Waals surface area contributed by atoms with Crippen LogP contribution in [0.2, 0.25) is 0 Å². The maximum Gasteiger partial charge on any atom is 0.329 e. The van der Waals surface area contributed by atoms with Crippen molar-refractivity contribution in [3.05, 3.63) is 20.8 Å². The van der Waals surface area contributed by atoms with Crippen LogP contribution >= 0.6 is 0 Å². The van der Waals surface area contributed by atoms with Crippen LogP contribution in [-0.4, -0.2) is 26.8 Å². The maximum absolute atomic E-state index is 11.5. The van der Waals surface area contributed by atoms with Crippen molar-refractivity contribution in [2.75, 3.05) is 17.6 Å². The number of nitrogens with zero attached hydrogens (tertiary/aromatic N) is 1. The number of nitrogens with two attached hydrogens (primary N) is 1. The Bertz CT molecular complexity index is 515. The first-order valence-electron chi connectivity index (χ1n) is 5.33. The van der Waals surface area contributed by atoms with Crippen LogP contribution in [0, 0.1) is 0 Å². The number of rotatable bonds is 4. The molecule has 1 aromatic rings. The van der Waals surface area contributed by atoms with Gasteiger partial charge < -0.3 is 16.2 Å². The molecule has 0 bridgehead atoms. The lowest BCUT2D eigenvalue weighted by atomic mass is 10.0. The summed E-state index contributed by atoms with van der Waals surface area (Å²) < 4.78 is 1.13. The monoisotopic (exact) mass is 242 g/mol. The molecule has 0 amide bonds. The molecule has 1 heterocycles. The number of aromatic nitrogens is 2. The van der Waals surface area contributed by atoms with Crippen molar-refractivity contribution in [1.82, 2.24) is 9.55 Å². The molecule has 1 unspecified atom stereocenters. The smallest absolute Gasteiger partial charge is 0.329 e. The Balaban J connectivity index is 3.05. The fraction of sp³-hybridized carbons (Fsp3) is 0.600. The first-order valence-corrected chi connectivity index (χ1v) is 5.33. The summed E-state index contributed by atoms with van der Waals surface area (Å²) in [6.45, 7) is 3.65. The summed E-state index contributed by atoms with van der Waals surface area (Å²) in [5.74, 6) is 0.0469. The molecule has 7 nitrogen and oxygen atoms in total. The predicted octanol–water partition coefficient (Wildman–Crippen LogP) is -0.771. The molecular weight excluding hydrogens is 224 g/mol. The third kappa shape index (κ3) is 2.88. The van der Waals surface area contributed by atoms with Gasteiger partial charge in [-0.25, -0.2) is 4.79 Å². The van der Waals surface area contributed by atoms with Crippen LogP contribution in [0.4, 0.5) is 11.5 Å². The van der Waals surface area contributed by atoms with E-state index in [1.165, 1.54) is 7.05 Å². The number of H-pyrrole nitrogens is 1. The van der Waals surface area contributed by atoms with Gasteiger partial charge in [0.25, 0.3) is 5.56 Å². The van der Waals surface area contributed by atoms with E-state index in [4.69, 9.17) is 5.73 Å². The third-order valence-electron chi connectivity index (χ3n) is 2.78. The van der Waals surface area contributed by atoms with Gasteiger partial charge in [-0.3, -0.25) is 14.3 Å². The van der Waals surface area contributed by atoms with Crippen molar-refractivity contribution in [2.24, 2.45) is 7.05 Å². The van der Waals surface area contributed by atoms with Gasteiger partial charge in [0.2, 0.25) is 0 Å². The highest BCUT2D eigenvalue weighted by Crippen LogP contribution is 2.13. The zero-order valence-electron chi connectivity index (χ0n) is 10.2. The van der Waals surface area contributed by atoms with Crippen LogP contribution in [0.1, 0.15) is 20.3 Å². The van der Waals surface area contributed by atoms with Gasteiger partial charge in [0.05, 0.1) is 5.60 Å². The molecule has 0 saturated carbocycles. The number of hydrogen-bond acceptors (Lipinski definition) is 5. The number of hydrogen-bond donors (Lipinski definition) is 4. The molecule has 96 valence electrons. The molecule has 17 heavy (non-hydrogen) atoms. The van der Waals surface area contributed by atoms with Crippen molar-refractivity contribution in [3.8, 4) is 0 Å². The van der Waals surface area contributed by atoms with Gasteiger partial charge in [0, 0.05) is 13.6 Å². The predicted molar refractivity (Wildman–Crippen MR) is 66.1 cm³/mol. The SMILES string of the molecule is CCC(C)(O)CNc1c(N)n(C)c(=O)[nH]c1=O. The Hall–Kier alpha value is -1.76. The van der Waals surface area contributed by atoms with E-state index in [2.05, 4.69) is 10.3 Å². The second-order valence-electron chi connectivity index (χ2n) is 4.28. The number of aliphatic hydroxyl groups is 1. The van der Waals surface area contributed by atoms with Gasteiger partial charge in [-0.2, -0.15) is 0 Å². The average molecular weight is 242 g/mol. The maximum atomic E-state index is 11.5. The van der Waals surface area contributed by atoms with Crippen molar-refractivity contribution < 1.29 is 5.11 Å². The lowest BCUT2D eigenvalue weighted by Gasteiger charge is -2.22. The average Bonchev–Trinajstić information content (AvgIpc) is 2.26. The molecule has 1 atom stereocenters. The minimum absolute atomic E-state index is 0.0469. The van der Waals surface area contributed by atoms with Crippen LogP contribution in [0.5, 0.6) is 0 Å². The number of nitrogen functional groups attached to an aromatic ring is 1. The molecule has 0 saturated heterocycles. The first-order chi connectivity index (χ1) is 7.78. The molecule has 0 aromatic carbocycles. The Kier molecular flexibility index (Phi) is 3.62. The second kappa shape index (κ2) is 4.62. The Morgan fingerprint density at radius 1 is 1.53 bits per heavy atom. The zero-order chi connectivity index (χ0) is 13.2. The van der Waals surface area contributed by atoms with Crippen LogP contribution in [0.25, 0.3) is 0 Å². The van der Waals surface area contributed by atoms with Gasteiger partial charge in [0.1, 0.15) is 11.5 Å². The molecule has 0 aliphatic rings. The molecule has 1 aromatic heterocycles. The van der Waals surface area contributed by atoms with Crippen LogP contribution in [-0.2, 0) is 7.05 Å². The van der Waals surface area contributed by atoms with Gasteiger partial charge in [0.15, 0.2) is 0 Å². The van der Waals surface area contributed by atoms with Crippen molar-refractivity contribution in [1.29, 1.82) is 0 Å². The summed E-state index contributed by atoms with van der Waals surface area (Å²) in [5.41, 5.74) is 3.66. The van der Waals surface area contributed by atoms with Crippen LogP contribution in [0.15, 0.2) is 9.59 Å². The highest BCUT2D eigenvalue weighted by atomic mass is 16.3. The van der Waals surface area contributed by atoms with E-state index in [0.29, 0.717) is 6.42 Å². The number of aromatic amines is 1. The molecule has 0 spiro atoms. The third-order valence-corrected chi connectivity index (χ3v) is 2.78. The minimum atomic E-state index is -0.937. The van der Waals surface area contributed by atoms with Gasteiger partial charge >= 0.3 is 5.69 Å². The first kappa shape index (κ1) is 13.3. The standard InChI is InChI=1S/C10H18N4O3/c1-4-10(2,17)5-12-6-7(11)14(3)9(16)13-8(6)15/h12,17H,4-5,11H2,1-3H3,(H,13,15,16). The second-order valence-corrected chi connectivity index (χ2v) is 4.28. The van der Waals surface area contributed by atoms with Crippen LogP contribution in [0.3, 0.4) is 0 Å². The van der Waals surface area contributed by atoms with E-state index >= 15 is 0 Å². The van der Waals surface area contributed by atoms with Crippen LogP contribution < -0.4 is 22.3 Å². The molecule has 1 rings (SSSR count). The summed E-state index contributed by atoms with van der Waals surface area (Å²) in [4.78, 5) is 24.9. The summed E-state index contributed by atoms with van der Waals surface area (Å²) in [7, 11) is 1.46. The highest BCUT2D eigenvalue weighted by Gasteiger charge is 2.19. The van der Waals surface area contributed by atoms with Crippen molar-refractivity contribution in [3.63, 3.8) is 0 Å². The minimum Gasteiger partial charge on any atom is -0.388 e. The van der Waals surface area contributed by atoms with E-state index in [1.54, 1.807) is 6.92 Å². The molecule has 0 aliphatic heterocycles. The largest absolute Gasteiger partial charge is 0.388 e. The summed E-state index contributed by atoms with van der Waals surface area (Å²) >= 11 is 0.